The van der Waals surface area contributed by atoms with Crippen LogP contribution in [0.1, 0.15) is 0 Å². The number of aliphatic hydroxyl groups is 1. The van der Waals surface area contributed by atoms with E-state index in [4.69, 9.17) is 10.2 Å². The first-order valence-electron chi connectivity index (χ1n) is 2.85. The summed E-state index contributed by atoms with van der Waals surface area (Å²) in [6.07, 6.45) is 0. The molecule has 0 heterocycles. The molecule has 0 aliphatic heterocycles. The Balaban J connectivity index is 3.88. The molecule has 0 bridgehead atoms. The van der Waals surface area contributed by atoms with Crippen LogP contribution < -0.4 is 5.32 Å². The van der Waals surface area contributed by atoms with Gasteiger partial charge in [-0.2, -0.15) is 12.6 Å². The van der Waals surface area contributed by atoms with Crippen molar-refractivity contribution in [2.45, 2.75) is 6.04 Å². The van der Waals surface area contributed by atoms with Crippen LogP contribution >= 0.6 is 12.6 Å². The zero-order chi connectivity index (χ0) is 8.85. The summed E-state index contributed by atoms with van der Waals surface area (Å²) < 4.78 is 0. The van der Waals surface area contributed by atoms with Crippen LogP contribution in [0, 0.1) is 0 Å². The molecule has 0 aliphatic carbocycles. The average Bonchev–Trinajstić information content (AvgIpc) is 1.99. The summed E-state index contributed by atoms with van der Waals surface area (Å²) in [5.41, 5.74) is 0. The molecule has 0 fully saturated rings. The van der Waals surface area contributed by atoms with Crippen molar-refractivity contribution >= 4 is 24.5 Å². The number of hydrogen-bond donors (Lipinski definition) is 4. The molecule has 0 rings (SSSR count). The van der Waals surface area contributed by atoms with Crippen LogP contribution in [0.5, 0.6) is 0 Å². The first kappa shape index (κ1) is 10.2. The summed E-state index contributed by atoms with van der Waals surface area (Å²) in [5.74, 6) is -1.87. The van der Waals surface area contributed by atoms with E-state index < -0.39 is 24.5 Å². The Morgan fingerprint density at radius 3 is 2.36 bits per heavy atom. The fourth-order valence-electron chi connectivity index (χ4n) is 0.425. The van der Waals surface area contributed by atoms with Crippen molar-refractivity contribution in [1.29, 1.82) is 0 Å². The van der Waals surface area contributed by atoms with E-state index in [1.54, 1.807) is 0 Å². The Bertz CT molecular complexity index is 161. The number of carbonyl (C=O) groups excluding carboxylic acids is 1. The molecule has 0 aromatic rings. The minimum absolute atomic E-state index is 0.0935. The first-order chi connectivity index (χ1) is 5.11. The van der Waals surface area contributed by atoms with Crippen molar-refractivity contribution < 1.29 is 19.8 Å². The highest BCUT2D eigenvalue weighted by Crippen LogP contribution is 1.83. The highest BCUT2D eigenvalue weighted by atomic mass is 32.1. The Labute approximate surface area is 68.8 Å². The lowest BCUT2D eigenvalue weighted by molar-refractivity contribution is -0.142. The molecule has 64 valence electrons. The van der Waals surface area contributed by atoms with E-state index in [0.717, 1.165) is 0 Å². The molecule has 0 aromatic carbocycles. The molecular weight excluding hydrogens is 170 g/mol. The van der Waals surface area contributed by atoms with Gasteiger partial charge in [-0.15, -0.1) is 0 Å². The summed E-state index contributed by atoms with van der Waals surface area (Å²) in [7, 11) is 0. The van der Waals surface area contributed by atoms with Crippen LogP contribution in [0.2, 0.25) is 0 Å². The van der Waals surface area contributed by atoms with Crippen molar-refractivity contribution in [3.05, 3.63) is 0 Å². The van der Waals surface area contributed by atoms with E-state index >= 15 is 0 Å². The van der Waals surface area contributed by atoms with E-state index in [9.17, 15) is 9.59 Å². The molecule has 0 saturated carbocycles. The number of thiol groups is 1. The Kier molecular flexibility index (Phi) is 4.64. The van der Waals surface area contributed by atoms with Crippen molar-refractivity contribution in [3.63, 3.8) is 0 Å². The summed E-state index contributed by atoms with van der Waals surface area (Å²) in [4.78, 5) is 20.7. The van der Waals surface area contributed by atoms with Crippen LogP contribution in [0.25, 0.3) is 0 Å². The van der Waals surface area contributed by atoms with Crippen molar-refractivity contribution in [3.8, 4) is 0 Å². The zero-order valence-corrected chi connectivity index (χ0v) is 6.54. The van der Waals surface area contributed by atoms with E-state index in [2.05, 4.69) is 17.9 Å². The van der Waals surface area contributed by atoms with Gasteiger partial charge >= 0.3 is 5.97 Å². The molecule has 0 saturated heterocycles. The predicted molar refractivity (Wildman–Crippen MR) is 40.5 cm³/mol. The quantitative estimate of drug-likeness (QED) is 0.395. The van der Waals surface area contributed by atoms with Gasteiger partial charge in [-0.25, -0.2) is 4.79 Å². The average molecular weight is 179 g/mol. The van der Waals surface area contributed by atoms with Gasteiger partial charge in [0.15, 0.2) is 0 Å². The van der Waals surface area contributed by atoms with Gasteiger partial charge in [-0.05, 0) is 0 Å². The van der Waals surface area contributed by atoms with Crippen molar-refractivity contribution in [1.82, 2.24) is 5.32 Å². The summed E-state index contributed by atoms with van der Waals surface area (Å²) in [6.45, 7) is -0.616. The van der Waals surface area contributed by atoms with Gasteiger partial charge < -0.3 is 15.5 Å². The zero-order valence-electron chi connectivity index (χ0n) is 5.65. The second-order valence-corrected chi connectivity index (χ2v) is 2.12. The highest BCUT2D eigenvalue weighted by Gasteiger charge is 2.17. The van der Waals surface area contributed by atoms with Crippen molar-refractivity contribution in [2.24, 2.45) is 0 Å². The molecule has 0 spiro atoms. The van der Waals surface area contributed by atoms with Crippen LogP contribution in [0.4, 0.5) is 0 Å². The molecule has 0 radical (unpaired) electrons. The Hall–Kier alpha value is -0.750. The van der Waals surface area contributed by atoms with Crippen LogP contribution in [-0.2, 0) is 9.59 Å². The van der Waals surface area contributed by atoms with Crippen molar-refractivity contribution in [2.75, 3.05) is 12.4 Å². The third kappa shape index (κ3) is 3.84. The van der Waals surface area contributed by atoms with E-state index in [0.29, 0.717) is 0 Å². The van der Waals surface area contributed by atoms with Crippen LogP contribution in [0.15, 0.2) is 0 Å². The number of nitrogens with one attached hydrogen (secondary N) is 1. The smallest absolute Gasteiger partial charge is 0.328 e. The van der Waals surface area contributed by atoms with Gasteiger partial charge in [0.1, 0.15) is 6.04 Å². The van der Waals surface area contributed by atoms with Gasteiger partial charge in [-0.1, -0.05) is 0 Å². The Morgan fingerprint density at radius 2 is 2.09 bits per heavy atom. The third-order valence-electron chi connectivity index (χ3n) is 0.959. The maximum absolute atomic E-state index is 10.5. The second-order valence-electron chi connectivity index (χ2n) is 1.80. The van der Waals surface area contributed by atoms with Crippen LogP contribution in [-0.4, -0.2) is 40.5 Å². The maximum Gasteiger partial charge on any atom is 0.328 e. The standard InChI is InChI=1S/C5H9NO4S/c7-1-3(5(9)10)6-4(8)2-11/h3,7,11H,1-2H2,(H,6,8)(H,9,10)/t3-/m0/s1. The molecule has 5 nitrogen and oxygen atoms in total. The molecule has 3 N–H and O–H groups in total. The minimum atomic E-state index is -1.26. The van der Waals surface area contributed by atoms with E-state index in [1.807, 2.05) is 0 Å². The SMILES string of the molecule is O=C(CS)N[C@@H](CO)C(=O)O. The molecule has 0 unspecified atom stereocenters. The molecular formula is C5H9NO4S. The number of carbonyl (C=O) groups is 2. The maximum atomic E-state index is 10.5. The monoisotopic (exact) mass is 179 g/mol. The largest absolute Gasteiger partial charge is 0.480 e. The normalized spacial score (nSPS) is 12.2. The third-order valence-corrected chi connectivity index (χ3v) is 1.25. The van der Waals surface area contributed by atoms with Gasteiger partial charge in [-0.3, -0.25) is 4.79 Å². The topological polar surface area (TPSA) is 86.6 Å². The number of aliphatic carboxylic acids is 1. The van der Waals surface area contributed by atoms with E-state index in [1.165, 1.54) is 0 Å². The van der Waals surface area contributed by atoms with Gasteiger partial charge in [0.05, 0.1) is 12.4 Å². The fourth-order valence-corrected chi connectivity index (χ4v) is 0.517. The molecule has 6 heteroatoms. The number of amides is 1. The lowest BCUT2D eigenvalue weighted by Crippen LogP contribution is -2.43. The molecule has 1 atom stereocenters. The number of hydrogen-bond acceptors (Lipinski definition) is 4. The summed E-state index contributed by atoms with van der Waals surface area (Å²) >= 11 is 3.61. The first-order valence-corrected chi connectivity index (χ1v) is 3.49. The highest BCUT2D eigenvalue weighted by molar-refractivity contribution is 7.81. The number of carboxylic acids is 1. The molecule has 11 heavy (non-hydrogen) atoms. The second kappa shape index (κ2) is 4.97. The lowest BCUT2D eigenvalue weighted by Gasteiger charge is -2.09. The molecule has 0 aliphatic rings. The fraction of sp³-hybridized carbons (Fsp3) is 0.600. The number of aliphatic hydroxyl groups excluding tert-OH is 1. The summed E-state index contributed by atoms with van der Waals surface area (Å²) in [5, 5.41) is 18.8. The van der Waals surface area contributed by atoms with Crippen LogP contribution in [0.3, 0.4) is 0 Å². The van der Waals surface area contributed by atoms with Gasteiger partial charge in [0.25, 0.3) is 0 Å². The predicted octanol–water partition coefficient (Wildman–Crippen LogP) is -1.52. The van der Waals surface area contributed by atoms with Gasteiger partial charge in [0.2, 0.25) is 5.91 Å². The molecule has 0 aromatic heterocycles. The number of rotatable bonds is 4. The lowest BCUT2D eigenvalue weighted by atomic mass is 10.3. The minimum Gasteiger partial charge on any atom is -0.480 e. The summed E-state index contributed by atoms with van der Waals surface area (Å²) in [6, 6.07) is -1.23. The molecule has 1 amide bonds. The van der Waals surface area contributed by atoms with Gasteiger partial charge in [0, 0.05) is 0 Å². The van der Waals surface area contributed by atoms with E-state index in [-0.39, 0.29) is 5.75 Å². The number of carboxylic acid groups (broad SMARTS) is 1. The Morgan fingerprint density at radius 1 is 1.55 bits per heavy atom.